The maximum Gasteiger partial charge on any atom is 0.0908 e. The molecule has 0 aromatic heterocycles. The molecule has 0 heterocycles. The summed E-state index contributed by atoms with van der Waals surface area (Å²) in [7, 11) is -1.90. The highest BCUT2D eigenvalue weighted by Gasteiger charge is 2.13. The van der Waals surface area contributed by atoms with Crippen LogP contribution in [0.5, 0.6) is 0 Å². The largest absolute Gasteiger partial charge is 0.323 e. The summed E-state index contributed by atoms with van der Waals surface area (Å²) in [5.41, 5.74) is 1.18. The predicted octanol–water partition coefficient (Wildman–Crippen LogP) is 4.10. The molecule has 0 saturated carbocycles. The Bertz CT molecular complexity index is 346. The van der Waals surface area contributed by atoms with Crippen molar-refractivity contribution in [2.45, 2.75) is 13.8 Å². The van der Waals surface area contributed by atoms with Crippen LogP contribution in [0.25, 0.3) is 6.08 Å². The zero-order chi connectivity index (χ0) is 11.1. The maximum absolute atomic E-state index is 12.1. The first kappa shape index (κ1) is 12.3. The Labute approximate surface area is 92.6 Å². The average Bonchev–Trinajstić information content (AvgIpc) is 2.30. The fraction of sp³-hybridized carbons (Fsp3) is 0.385. The standard InChI is InChI=1S/C13H19OP/c1-3-15(14,4-2)12-8-11-13-9-6-5-7-10-13/h5-11H,3-4,12H2,1-2H3. The van der Waals surface area contributed by atoms with E-state index in [1.165, 1.54) is 5.56 Å². The summed E-state index contributed by atoms with van der Waals surface area (Å²) in [5.74, 6) is 0. The van der Waals surface area contributed by atoms with Crippen molar-refractivity contribution < 1.29 is 4.57 Å². The minimum absolute atomic E-state index is 0.731. The number of hydrogen-bond donors (Lipinski definition) is 0. The number of rotatable bonds is 5. The van der Waals surface area contributed by atoms with Crippen LogP contribution < -0.4 is 0 Å². The normalized spacial score (nSPS) is 12.1. The molecule has 0 amide bonds. The van der Waals surface area contributed by atoms with Crippen LogP contribution in [-0.4, -0.2) is 18.5 Å². The third-order valence-corrected chi connectivity index (χ3v) is 5.88. The average molecular weight is 222 g/mol. The molecule has 0 aliphatic heterocycles. The SMILES string of the molecule is CCP(=O)(CC)CC=Cc1ccccc1. The molecule has 0 aliphatic carbocycles. The summed E-state index contributed by atoms with van der Waals surface area (Å²) < 4.78 is 12.1. The quantitative estimate of drug-likeness (QED) is 0.685. The molecule has 0 radical (unpaired) electrons. The van der Waals surface area contributed by atoms with Crippen LogP contribution in [-0.2, 0) is 4.57 Å². The molecule has 0 atom stereocenters. The van der Waals surface area contributed by atoms with Crippen molar-refractivity contribution in [2.24, 2.45) is 0 Å². The van der Waals surface area contributed by atoms with Gasteiger partial charge in [0.2, 0.25) is 0 Å². The molecule has 1 aromatic carbocycles. The second-order valence-corrected chi connectivity index (χ2v) is 7.43. The van der Waals surface area contributed by atoms with Crippen molar-refractivity contribution in [2.75, 3.05) is 18.5 Å². The zero-order valence-corrected chi connectivity index (χ0v) is 10.4. The number of benzene rings is 1. The van der Waals surface area contributed by atoms with Gasteiger partial charge in [-0.1, -0.05) is 56.3 Å². The van der Waals surface area contributed by atoms with Gasteiger partial charge in [0.15, 0.2) is 0 Å². The summed E-state index contributed by atoms with van der Waals surface area (Å²) in [5, 5.41) is 0. The Morgan fingerprint density at radius 1 is 1.13 bits per heavy atom. The molecule has 0 unspecified atom stereocenters. The van der Waals surface area contributed by atoms with Gasteiger partial charge in [0, 0.05) is 6.16 Å². The van der Waals surface area contributed by atoms with Crippen molar-refractivity contribution in [3.8, 4) is 0 Å². The molecule has 0 fully saturated rings. The molecule has 15 heavy (non-hydrogen) atoms. The van der Waals surface area contributed by atoms with Gasteiger partial charge >= 0.3 is 0 Å². The van der Waals surface area contributed by atoms with Crippen LogP contribution >= 0.6 is 7.14 Å². The molecule has 0 N–H and O–H groups in total. The molecule has 0 saturated heterocycles. The van der Waals surface area contributed by atoms with Crippen LogP contribution in [0.15, 0.2) is 36.4 Å². The second kappa shape index (κ2) is 5.92. The van der Waals surface area contributed by atoms with Crippen molar-refractivity contribution in [3.63, 3.8) is 0 Å². The van der Waals surface area contributed by atoms with Gasteiger partial charge in [-0.3, -0.25) is 0 Å². The van der Waals surface area contributed by atoms with Crippen LogP contribution in [0.2, 0.25) is 0 Å². The van der Waals surface area contributed by atoms with E-state index in [0.29, 0.717) is 0 Å². The molecule has 0 aliphatic rings. The zero-order valence-electron chi connectivity index (χ0n) is 9.52. The van der Waals surface area contributed by atoms with E-state index in [-0.39, 0.29) is 0 Å². The second-order valence-electron chi connectivity index (χ2n) is 3.69. The molecule has 1 aromatic rings. The van der Waals surface area contributed by atoms with Crippen molar-refractivity contribution in [1.29, 1.82) is 0 Å². The van der Waals surface area contributed by atoms with Crippen LogP contribution in [0.1, 0.15) is 19.4 Å². The summed E-state index contributed by atoms with van der Waals surface area (Å²) in [6, 6.07) is 10.1. The monoisotopic (exact) mass is 222 g/mol. The minimum atomic E-state index is -1.90. The molecule has 0 bridgehead atoms. The molecule has 1 nitrogen and oxygen atoms in total. The third kappa shape index (κ3) is 4.05. The highest BCUT2D eigenvalue weighted by molar-refractivity contribution is 7.64. The number of allylic oxidation sites excluding steroid dienone is 1. The van der Waals surface area contributed by atoms with E-state index in [0.717, 1.165) is 18.5 Å². The number of hydrogen-bond acceptors (Lipinski definition) is 1. The molecule has 2 heteroatoms. The topological polar surface area (TPSA) is 17.1 Å². The van der Waals surface area contributed by atoms with Gasteiger partial charge in [-0.05, 0) is 17.9 Å². The smallest absolute Gasteiger partial charge is 0.0908 e. The van der Waals surface area contributed by atoms with Gasteiger partial charge in [0.1, 0.15) is 0 Å². The molecular weight excluding hydrogens is 203 g/mol. The third-order valence-electron chi connectivity index (χ3n) is 2.70. The molecule has 0 spiro atoms. The van der Waals surface area contributed by atoms with Gasteiger partial charge in [-0.25, -0.2) is 0 Å². The van der Waals surface area contributed by atoms with Gasteiger partial charge in [0.05, 0.1) is 7.14 Å². The van der Waals surface area contributed by atoms with E-state index < -0.39 is 7.14 Å². The van der Waals surface area contributed by atoms with Gasteiger partial charge in [-0.15, -0.1) is 0 Å². The van der Waals surface area contributed by atoms with Crippen LogP contribution in [0.3, 0.4) is 0 Å². The lowest BCUT2D eigenvalue weighted by atomic mass is 10.2. The van der Waals surface area contributed by atoms with E-state index in [2.05, 4.69) is 18.2 Å². The summed E-state index contributed by atoms with van der Waals surface area (Å²) >= 11 is 0. The highest BCUT2D eigenvalue weighted by Crippen LogP contribution is 2.44. The highest BCUT2D eigenvalue weighted by atomic mass is 31.2. The Morgan fingerprint density at radius 3 is 2.27 bits per heavy atom. The Kier molecular flexibility index (Phi) is 4.84. The molecule has 82 valence electrons. The first-order valence-electron chi connectivity index (χ1n) is 5.49. The summed E-state index contributed by atoms with van der Waals surface area (Å²) in [4.78, 5) is 0. The Balaban J connectivity index is 2.57. The summed E-state index contributed by atoms with van der Waals surface area (Å²) in [6.45, 7) is 4.03. The van der Waals surface area contributed by atoms with E-state index in [9.17, 15) is 4.57 Å². The molecular formula is C13H19OP. The fourth-order valence-corrected chi connectivity index (χ4v) is 2.88. The predicted molar refractivity (Wildman–Crippen MR) is 69.0 cm³/mol. The lowest BCUT2D eigenvalue weighted by Gasteiger charge is -2.10. The van der Waals surface area contributed by atoms with Crippen molar-refractivity contribution in [1.82, 2.24) is 0 Å². The van der Waals surface area contributed by atoms with Crippen LogP contribution in [0, 0.1) is 0 Å². The molecule has 1 rings (SSSR count). The lowest BCUT2D eigenvalue weighted by Crippen LogP contribution is -1.92. The Morgan fingerprint density at radius 2 is 1.73 bits per heavy atom. The van der Waals surface area contributed by atoms with Gasteiger partial charge < -0.3 is 4.57 Å². The fourth-order valence-electron chi connectivity index (χ4n) is 1.43. The first-order chi connectivity index (χ1) is 7.20. The van der Waals surface area contributed by atoms with Crippen molar-refractivity contribution in [3.05, 3.63) is 42.0 Å². The maximum atomic E-state index is 12.1. The Hall–Kier alpha value is -0.810. The summed E-state index contributed by atoms with van der Waals surface area (Å²) in [6.07, 6.45) is 6.45. The van der Waals surface area contributed by atoms with E-state index in [1.54, 1.807) is 0 Å². The minimum Gasteiger partial charge on any atom is -0.323 e. The van der Waals surface area contributed by atoms with Gasteiger partial charge in [0.25, 0.3) is 0 Å². The van der Waals surface area contributed by atoms with Crippen molar-refractivity contribution >= 4 is 13.2 Å². The first-order valence-corrected chi connectivity index (χ1v) is 7.75. The van der Waals surface area contributed by atoms with Gasteiger partial charge in [-0.2, -0.15) is 0 Å². The van der Waals surface area contributed by atoms with Crippen LogP contribution in [0.4, 0.5) is 0 Å². The van der Waals surface area contributed by atoms with E-state index in [4.69, 9.17) is 0 Å². The van der Waals surface area contributed by atoms with E-state index in [1.807, 2.05) is 38.1 Å². The lowest BCUT2D eigenvalue weighted by molar-refractivity contribution is 0.578. The van der Waals surface area contributed by atoms with E-state index >= 15 is 0 Å².